The highest BCUT2D eigenvalue weighted by atomic mass is 16.5. The van der Waals surface area contributed by atoms with E-state index in [4.69, 9.17) is 14.2 Å². The van der Waals surface area contributed by atoms with Crippen molar-refractivity contribution in [2.45, 2.75) is 39.7 Å². The third kappa shape index (κ3) is 5.91. The van der Waals surface area contributed by atoms with E-state index in [0.29, 0.717) is 31.8 Å². The Labute approximate surface area is 161 Å². The van der Waals surface area contributed by atoms with Crippen LogP contribution in [0.4, 0.5) is 0 Å². The summed E-state index contributed by atoms with van der Waals surface area (Å²) in [5, 5.41) is 3.05. The number of nitrogens with one attached hydrogen (secondary N) is 1. The zero-order valence-corrected chi connectivity index (χ0v) is 16.6. The second-order valence-electron chi connectivity index (χ2n) is 6.17. The molecule has 0 fully saturated rings. The summed E-state index contributed by atoms with van der Waals surface area (Å²) in [6, 6.07) is 13.4. The van der Waals surface area contributed by atoms with Crippen molar-refractivity contribution in [2.75, 3.05) is 20.3 Å². The molecular weight excluding hydrogens is 342 g/mol. The minimum atomic E-state index is -0.120. The summed E-state index contributed by atoms with van der Waals surface area (Å²) in [5.41, 5.74) is 2.01. The van der Waals surface area contributed by atoms with Crippen LogP contribution in [0.15, 0.2) is 42.5 Å². The van der Waals surface area contributed by atoms with Crippen molar-refractivity contribution in [1.29, 1.82) is 0 Å². The second-order valence-corrected chi connectivity index (χ2v) is 6.17. The smallest absolute Gasteiger partial charge is 0.220 e. The molecule has 1 atom stereocenters. The molecule has 2 aromatic rings. The lowest BCUT2D eigenvalue weighted by Gasteiger charge is -2.18. The van der Waals surface area contributed by atoms with E-state index in [1.54, 1.807) is 7.11 Å². The van der Waals surface area contributed by atoms with Crippen LogP contribution in [0.25, 0.3) is 0 Å². The summed E-state index contributed by atoms with van der Waals surface area (Å²) in [6.45, 7) is 6.98. The van der Waals surface area contributed by atoms with Gasteiger partial charge in [0, 0.05) is 6.42 Å². The maximum Gasteiger partial charge on any atom is 0.220 e. The zero-order chi connectivity index (χ0) is 19.6. The van der Waals surface area contributed by atoms with Crippen LogP contribution in [0.5, 0.6) is 17.2 Å². The molecule has 1 amide bonds. The second kappa shape index (κ2) is 10.5. The number of amides is 1. The molecule has 0 aliphatic rings. The van der Waals surface area contributed by atoms with E-state index in [-0.39, 0.29) is 11.9 Å². The number of para-hydroxylation sites is 1. The molecule has 0 heterocycles. The number of rotatable bonds is 10. The van der Waals surface area contributed by atoms with Crippen molar-refractivity contribution < 1.29 is 19.0 Å². The zero-order valence-electron chi connectivity index (χ0n) is 16.6. The molecule has 0 bridgehead atoms. The minimum absolute atomic E-state index is 0.000232. The molecule has 0 aliphatic carbocycles. The number of hydrogen-bond acceptors (Lipinski definition) is 4. The number of methoxy groups -OCH3 is 1. The van der Waals surface area contributed by atoms with Gasteiger partial charge in [0.1, 0.15) is 5.75 Å². The standard InChI is InChI=1S/C22H29NO4/c1-5-26-20-13-11-18(15-21(20)27-6-2)16(3)23-22(24)14-12-17-9-7-8-10-19(17)25-4/h7-11,13,15-16H,5-6,12,14H2,1-4H3,(H,23,24)/t16-/m0/s1. The van der Waals surface area contributed by atoms with Crippen molar-refractivity contribution in [2.24, 2.45) is 0 Å². The Balaban J connectivity index is 1.98. The van der Waals surface area contributed by atoms with E-state index < -0.39 is 0 Å². The summed E-state index contributed by atoms with van der Waals surface area (Å²) in [6.07, 6.45) is 1.04. The first-order chi connectivity index (χ1) is 13.1. The van der Waals surface area contributed by atoms with Crippen LogP contribution in [-0.4, -0.2) is 26.2 Å². The maximum atomic E-state index is 12.4. The van der Waals surface area contributed by atoms with Gasteiger partial charge in [-0.25, -0.2) is 0 Å². The van der Waals surface area contributed by atoms with Gasteiger partial charge in [-0.05, 0) is 56.5 Å². The van der Waals surface area contributed by atoms with Crippen molar-refractivity contribution in [3.05, 3.63) is 53.6 Å². The van der Waals surface area contributed by atoms with Crippen LogP contribution < -0.4 is 19.5 Å². The highest BCUT2D eigenvalue weighted by molar-refractivity contribution is 5.76. The van der Waals surface area contributed by atoms with Crippen LogP contribution in [0, 0.1) is 0 Å². The fourth-order valence-corrected chi connectivity index (χ4v) is 2.89. The molecule has 0 saturated heterocycles. The van der Waals surface area contributed by atoms with Crippen LogP contribution in [0.2, 0.25) is 0 Å². The lowest BCUT2D eigenvalue weighted by Crippen LogP contribution is -2.26. The van der Waals surface area contributed by atoms with Crippen LogP contribution in [0.1, 0.15) is 44.4 Å². The van der Waals surface area contributed by atoms with Gasteiger partial charge in [-0.15, -0.1) is 0 Å². The van der Waals surface area contributed by atoms with Gasteiger partial charge in [0.2, 0.25) is 5.91 Å². The van der Waals surface area contributed by atoms with Gasteiger partial charge in [-0.2, -0.15) is 0 Å². The van der Waals surface area contributed by atoms with Crippen LogP contribution >= 0.6 is 0 Å². The van der Waals surface area contributed by atoms with Gasteiger partial charge >= 0.3 is 0 Å². The molecule has 0 unspecified atom stereocenters. The Morgan fingerprint density at radius 1 is 1.00 bits per heavy atom. The highest BCUT2D eigenvalue weighted by Crippen LogP contribution is 2.30. The monoisotopic (exact) mass is 371 g/mol. The van der Waals surface area contributed by atoms with E-state index in [1.165, 1.54) is 0 Å². The molecule has 0 aromatic heterocycles. The number of aryl methyl sites for hydroxylation is 1. The molecule has 146 valence electrons. The number of hydrogen-bond donors (Lipinski definition) is 1. The summed E-state index contributed by atoms with van der Waals surface area (Å²) in [5.74, 6) is 2.23. The van der Waals surface area contributed by atoms with Gasteiger partial charge in [0.05, 0.1) is 26.4 Å². The number of benzene rings is 2. The Kier molecular flexibility index (Phi) is 7.99. The first-order valence-corrected chi connectivity index (χ1v) is 9.39. The normalized spacial score (nSPS) is 11.6. The first-order valence-electron chi connectivity index (χ1n) is 9.39. The van der Waals surface area contributed by atoms with Crippen LogP contribution in [0.3, 0.4) is 0 Å². The predicted octanol–water partition coefficient (Wildman–Crippen LogP) is 4.30. The first kappa shape index (κ1) is 20.6. The average molecular weight is 371 g/mol. The average Bonchev–Trinajstić information content (AvgIpc) is 2.68. The van der Waals surface area contributed by atoms with E-state index in [1.807, 2.05) is 63.2 Å². The molecule has 2 aromatic carbocycles. The fraction of sp³-hybridized carbons (Fsp3) is 0.409. The van der Waals surface area contributed by atoms with Crippen molar-refractivity contribution >= 4 is 5.91 Å². The molecule has 5 heteroatoms. The van der Waals surface area contributed by atoms with Crippen molar-refractivity contribution in [1.82, 2.24) is 5.32 Å². The molecule has 0 radical (unpaired) electrons. The van der Waals surface area contributed by atoms with Gasteiger partial charge in [-0.1, -0.05) is 24.3 Å². The molecule has 1 N–H and O–H groups in total. The molecule has 5 nitrogen and oxygen atoms in total. The molecule has 2 rings (SSSR count). The van der Waals surface area contributed by atoms with Gasteiger partial charge in [0.15, 0.2) is 11.5 Å². The Hall–Kier alpha value is -2.69. The van der Waals surface area contributed by atoms with Gasteiger partial charge < -0.3 is 19.5 Å². The summed E-state index contributed by atoms with van der Waals surface area (Å²) in [7, 11) is 1.64. The Morgan fingerprint density at radius 3 is 2.41 bits per heavy atom. The lowest BCUT2D eigenvalue weighted by molar-refractivity contribution is -0.121. The quantitative estimate of drug-likeness (QED) is 0.676. The maximum absolute atomic E-state index is 12.4. The fourth-order valence-electron chi connectivity index (χ4n) is 2.89. The summed E-state index contributed by atoms with van der Waals surface area (Å²) < 4.78 is 16.6. The SMILES string of the molecule is CCOc1ccc([C@H](C)NC(=O)CCc2ccccc2OC)cc1OCC. The molecule has 27 heavy (non-hydrogen) atoms. The molecule has 0 spiro atoms. The molecule has 0 aliphatic heterocycles. The lowest BCUT2D eigenvalue weighted by atomic mass is 10.1. The third-order valence-corrected chi connectivity index (χ3v) is 4.26. The van der Waals surface area contributed by atoms with Crippen LogP contribution in [-0.2, 0) is 11.2 Å². The topological polar surface area (TPSA) is 56.8 Å². The molecule has 0 saturated carbocycles. The molecular formula is C22H29NO4. The van der Waals surface area contributed by atoms with E-state index in [9.17, 15) is 4.79 Å². The Morgan fingerprint density at radius 2 is 1.70 bits per heavy atom. The number of carbonyl (C=O) groups excluding carboxylic acids is 1. The number of ether oxygens (including phenoxy) is 3. The predicted molar refractivity (Wildman–Crippen MR) is 107 cm³/mol. The third-order valence-electron chi connectivity index (χ3n) is 4.26. The van der Waals surface area contributed by atoms with E-state index in [0.717, 1.165) is 22.6 Å². The Bertz CT molecular complexity index is 745. The highest BCUT2D eigenvalue weighted by Gasteiger charge is 2.14. The van der Waals surface area contributed by atoms with Gasteiger partial charge in [0.25, 0.3) is 0 Å². The summed E-state index contributed by atoms with van der Waals surface area (Å²) in [4.78, 5) is 12.4. The largest absolute Gasteiger partial charge is 0.496 e. The van der Waals surface area contributed by atoms with Crippen molar-refractivity contribution in [3.8, 4) is 17.2 Å². The van der Waals surface area contributed by atoms with Gasteiger partial charge in [-0.3, -0.25) is 4.79 Å². The van der Waals surface area contributed by atoms with E-state index in [2.05, 4.69) is 5.32 Å². The number of carbonyl (C=O) groups is 1. The minimum Gasteiger partial charge on any atom is -0.496 e. The van der Waals surface area contributed by atoms with Crippen molar-refractivity contribution in [3.63, 3.8) is 0 Å². The summed E-state index contributed by atoms with van der Waals surface area (Å²) >= 11 is 0. The van der Waals surface area contributed by atoms with E-state index >= 15 is 0 Å².